The Morgan fingerprint density at radius 3 is 2.74 bits per heavy atom. The van der Waals surface area contributed by atoms with Gasteiger partial charge >= 0.3 is 7.12 Å². The van der Waals surface area contributed by atoms with Gasteiger partial charge in [0.1, 0.15) is 5.75 Å². The zero-order chi connectivity index (χ0) is 14.0. The molecule has 0 radical (unpaired) electrons. The molecule has 3 N–H and O–H groups in total. The van der Waals surface area contributed by atoms with Crippen LogP contribution in [-0.4, -0.2) is 36.2 Å². The van der Waals surface area contributed by atoms with Crippen LogP contribution in [0.25, 0.3) is 0 Å². The highest BCUT2D eigenvalue weighted by molar-refractivity contribution is 6.59. The van der Waals surface area contributed by atoms with Gasteiger partial charge in [0.2, 0.25) is 5.91 Å². The Hall–Kier alpha value is -1.53. The summed E-state index contributed by atoms with van der Waals surface area (Å²) in [6.07, 6.45) is 1.26. The molecule has 1 heterocycles. The van der Waals surface area contributed by atoms with Crippen LogP contribution in [0.2, 0.25) is 0 Å². The van der Waals surface area contributed by atoms with E-state index in [9.17, 15) is 14.8 Å². The van der Waals surface area contributed by atoms with E-state index in [1.807, 2.05) is 13.0 Å². The van der Waals surface area contributed by atoms with Crippen LogP contribution >= 0.6 is 0 Å². The second-order valence-corrected chi connectivity index (χ2v) is 4.88. The molecule has 0 bridgehead atoms. The van der Waals surface area contributed by atoms with Gasteiger partial charge < -0.3 is 20.1 Å². The van der Waals surface area contributed by atoms with Crippen LogP contribution in [0.4, 0.5) is 0 Å². The summed E-state index contributed by atoms with van der Waals surface area (Å²) in [5.41, 5.74) is 1.33. The summed E-state index contributed by atoms with van der Waals surface area (Å²) in [5, 5.41) is 21.7. The summed E-state index contributed by atoms with van der Waals surface area (Å²) in [6, 6.07) is 5.41. The lowest BCUT2D eigenvalue weighted by Crippen LogP contribution is -2.42. The van der Waals surface area contributed by atoms with Crippen molar-refractivity contribution in [3.63, 3.8) is 0 Å². The van der Waals surface area contributed by atoms with Crippen molar-refractivity contribution in [2.24, 2.45) is 0 Å². The molecule has 0 saturated carbocycles. The fourth-order valence-electron chi connectivity index (χ4n) is 2.60. The molecule has 1 aromatic rings. The van der Waals surface area contributed by atoms with Crippen molar-refractivity contribution in [2.45, 2.75) is 31.7 Å². The minimum absolute atomic E-state index is 0.0401. The molecule has 2 atom stereocenters. The Balaban J connectivity index is 2.30. The van der Waals surface area contributed by atoms with Crippen molar-refractivity contribution in [3.05, 3.63) is 23.8 Å². The Morgan fingerprint density at radius 1 is 1.42 bits per heavy atom. The average molecular weight is 263 g/mol. The van der Waals surface area contributed by atoms with Gasteiger partial charge in [-0.1, -0.05) is 12.1 Å². The zero-order valence-electron chi connectivity index (χ0n) is 11.1. The van der Waals surface area contributed by atoms with E-state index in [1.165, 1.54) is 7.11 Å². The molecule has 19 heavy (non-hydrogen) atoms. The number of piperidine rings is 1. The molecule has 0 unspecified atom stereocenters. The Morgan fingerprint density at radius 2 is 2.16 bits per heavy atom. The van der Waals surface area contributed by atoms with E-state index in [2.05, 4.69) is 5.32 Å². The van der Waals surface area contributed by atoms with Crippen molar-refractivity contribution in [3.8, 4) is 5.75 Å². The molecule has 1 aliphatic rings. The van der Waals surface area contributed by atoms with Gasteiger partial charge in [-0.3, -0.25) is 4.79 Å². The normalized spacial score (nSPS) is 22.8. The molecule has 1 aliphatic heterocycles. The molecule has 1 saturated heterocycles. The molecular formula is C13H18BNO4. The minimum atomic E-state index is -1.57. The number of rotatable bonds is 3. The van der Waals surface area contributed by atoms with E-state index in [-0.39, 0.29) is 17.9 Å². The van der Waals surface area contributed by atoms with E-state index in [4.69, 9.17) is 4.74 Å². The molecule has 0 aliphatic carbocycles. The van der Waals surface area contributed by atoms with Gasteiger partial charge in [0.05, 0.1) is 7.11 Å². The predicted octanol–water partition coefficient (Wildman–Crippen LogP) is -0.243. The Kier molecular flexibility index (Phi) is 4.12. The zero-order valence-corrected chi connectivity index (χ0v) is 11.1. The third-order valence-electron chi connectivity index (χ3n) is 3.63. The van der Waals surface area contributed by atoms with E-state index in [0.29, 0.717) is 17.6 Å². The fraction of sp³-hybridized carbons (Fsp3) is 0.462. The predicted molar refractivity (Wildman–Crippen MR) is 72.4 cm³/mol. The van der Waals surface area contributed by atoms with Gasteiger partial charge in [0.15, 0.2) is 0 Å². The third kappa shape index (κ3) is 2.90. The van der Waals surface area contributed by atoms with Gasteiger partial charge in [-0.2, -0.15) is 0 Å². The van der Waals surface area contributed by atoms with Crippen LogP contribution in [0.5, 0.6) is 5.75 Å². The average Bonchev–Trinajstić information content (AvgIpc) is 2.38. The largest absolute Gasteiger partial charge is 0.497 e. The summed E-state index contributed by atoms with van der Waals surface area (Å²) >= 11 is 0. The second kappa shape index (κ2) is 5.63. The Labute approximate surface area is 112 Å². The van der Waals surface area contributed by atoms with E-state index in [1.54, 1.807) is 12.1 Å². The van der Waals surface area contributed by atoms with Crippen LogP contribution in [-0.2, 0) is 4.79 Å². The summed E-state index contributed by atoms with van der Waals surface area (Å²) in [7, 11) is -0.0759. The van der Waals surface area contributed by atoms with Crippen LogP contribution in [0, 0.1) is 0 Å². The highest BCUT2D eigenvalue weighted by Crippen LogP contribution is 2.28. The first-order valence-electron chi connectivity index (χ1n) is 6.36. The molecule has 2 rings (SSSR count). The number of hydrogen-bond donors (Lipinski definition) is 3. The maximum atomic E-state index is 11.3. The van der Waals surface area contributed by atoms with Crippen molar-refractivity contribution >= 4 is 18.5 Å². The topological polar surface area (TPSA) is 78.8 Å². The summed E-state index contributed by atoms with van der Waals surface area (Å²) < 4.78 is 5.10. The van der Waals surface area contributed by atoms with Crippen LogP contribution in [0.1, 0.15) is 31.2 Å². The highest BCUT2D eigenvalue weighted by Gasteiger charge is 2.28. The summed E-state index contributed by atoms with van der Waals surface area (Å²) in [6.45, 7) is 1.96. The lowest BCUT2D eigenvalue weighted by atomic mass is 9.76. The minimum Gasteiger partial charge on any atom is -0.497 e. The van der Waals surface area contributed by atoms with Gasteiger partial charge in [0, 0.05) is 23.8 Å². The fourth-order valence-corrected chi connectivity index (χ4v) is 2.60. The number of ether oxygens (including phenoxy) is 1. The SMILES string of the molecule is COc1ccc([C@@H]2CCC(=O)N[C@H]2C)cc1B(O)O. The molecule has 1 fully saturated rings. The third-order valence-corrected chi connectivity index (χ3v) is 3.63. The number of carbonyl (C=O) groups excluding carboxylic acids is 1. The summed E-state index contributed by atoms with van der Waals surface area (Å²) in [4.78, 5) is 11.3. The number of carbonyl (C=O) groups is 1. The van der Waals surface area contributed by atoms with E-state index >= 15 is 0 Å². The van der Waals surface area contributed by atoms with Gasteiger partial charge in [0.25, 0.3) is 0 Å². The molecule has 5 nitrogen and oxygen atoms in total. The molecule has 6 heteroatoms. The first-order valence-corrected chi connectivity index (χ1v) is 6.36. The van der Waals surface area contributed by atoms with Crippen molar-refractivity contribution in [2.75, 3.05) is 7.11 Å². The van der Waals surface area contributed by atoms with E-state index < -0.39 is 7.12 Å². The van der Waals surface area contributed by atoms with Crippen molar-refractivity contribution < 1.29 is 19.6 Å². The number of amides is 1. The maximum Gasteiger partial charge on any atom is 0.492 e. The second-order valence-electron chi connectivity index (χ2n) is 4.88. The van der Waals surface area contributed by atoms with Gasteiger partial charge in [-0.15, -0.1) is 0 Å². The maximum absolute atomic E-state index is 11.3. The summed E-state index contributed by atoms with van der Waals surface area (Å²) in [5.74, 6) is 0.701. The number of methoxy groups -OCH3 is 1. The van der Waals surface area contributed by atoms with Gasteiger partial charge in [-0.05, 0) is 25.0 Å². The number of hydrogen-bond acceptors (Lipinski definition) is 4. The highest BCUT2D eigenvalue weighted by atomic mass is 16.5. The first kappa shape index (κ1) is 13.9. The standard InChI is InChI=1S/C13H18BNO4/c1-8-10(4-6-13(16)15-8)9-3-5-12(19-2)11(7-9)14(17)18/h3,5,7-8,10,17-18H,4,6H2,1-2H3,(H,15,16)/t8-,10+/m0/s1. The number of benzene rings is 1. The lowest BCUT2D eigenvalue weighted by molar-refractivity contribution is -0.123. The lowest BCUT2D eigenvalue weighted by Gasteiger charge is -2.30. The number of nitrogens with one attached hydrogen (secondary N) is 1. The van der Waals surface area contributed by atoms with Crippen LogP contribution < -0.4 is 15.5 Å². The molecule has 0 spiro atoms. The molecular weight excluding hydrogens is 245 g/mol. The quantitative estimate of drug-likeness (QED) is 0.657. The first-order chi connectivity index (χ1) is 9.02. The van der Waals surface area contributed by atoms with Crippen molar-refractivity contribution in [1.29, 1.82) is 0 Å². The van der Waals surface area contributed by atoms with Gasteiger partial charge in [-0.25, -0.2) is 0 Å². The molecule has 1 amide bonds. The molecule has 1 aromatic carbocycles. The smallest absolute Gasteiger partial charge is 0.492 e. The van der Waals surface area contributed by atoms with Crippen LogP contribution in [0.15, 0.2) is 18.2 Å². The van der Waals surface area contributed by atoms with Crippen molar-refractivity contribution in [1.82, 2.24) is 5.32 Å². The van der Waals surface area contributed by atoms with E-state index in [0.717, 1.165) is 12.0 Å². The molecule has 102 valence electrons. The Bertz CT molecular complexity index is 478. The molecule has 0 aromatic heterocycles. The monoisotopic (exact) mass is 263 g/mol. The van der Waals surface area contributed by atoms with Crippen LogP contribution in [0.3, 0.4) is 0 Å².